The molecule has 88 valence electrons. The zero-order valence-corrected chi connectivity index (χ0v) is 9.91. The Balaban J connectivity index is 2.81. The van der Waals surface area contributed by atoms with Gasteiger partial charge >= 0.3 is 0 Å². The van der Waals surface area contributed by atoms with Crippen molar-refractivity contribution in [3.63, 3.8) is 0 Å². The number of nitrogens with one attached hydrogen (secondary N) is 1. The van der Waals surface area contributed by atoms with E-state index in [2.05, 4.69) is 5.32 Å². The number of hydrogen-bond acceptors (Lipinski definition) is 3. The monoisotopic (exact) mass is 222 g/mol. The third kappa shape index (κ3) is 2.89. The Hall–Kier alpha value is -1.71. The third-order valence-electron chi connectivity index (χ3n) is 2.48. The van der Waals surface area contributed by atoms with Crippen LogP contribution in [0.2, 0.25) is 0 Å². The van der Waals surface area contributed by atoms with Crippen molar-refractivity contribution < 1.29 is 9.53 Å². The van der Waals surface area contributed by atoms with Crippen molar-refractivity contribution in [2.24, 2.45) is 0 Å². The van der Waals surface area contributed by atoms with E-state index in [1.165, 1.54) is 0 Å². The number of benzene rings is 1. The van der Waals surface area contributed by atoms with Crippen molar-refractivity contribution in [2.75, 3.05) is 12.8 Å². The Morgan fingerprint density at radius 1 is 1.56 bits per heavy atom. The minimum atomic E-state index is -0.108. The second-order valence-corrected chi connectivity index (χ2v) is 3.74. The van der Waals surface area contributed by atoms with Crippen molar-refractivity contribution in [3.8, 4) is 5.75 Å². The molecule has 0 aliphatic carbocycles. The number of hydrogen-bond donors (Lipinski definition) is 2. The Morgan fingerprint density at radius 2 is 2.25 bits per heavy atom. The lowest BCUT2D eigenvalue weighted by atomic mass is 10.1. The van der Waals surface area contributed by atoms with E-state index in [0.29, 0.717) is 17.0 Å². The maximum absolute atomic E-state index is 11.8. The first-order valence-electron chi connectivity index (χ1n) is 5.32. The fourth-order valence-electron chi connectivity index (χ4n) is 1.28. The summed E-state index contributed by atoms with van der Waals surface area (Å²) in [4.78, 5) is 11.8. The fraction of sp³-hybridized carbons (Fsp3) is 0.417. The maximum Gasteiger partial charge on any atom is 0.251 e. The lowest BCUT2D eigenvalue weighted by molar-refractivity contribution is 0.0939. The molecule has 4 nitrogen and oxygen atoms in total. The Labute approximate surface area is 95.8 Å². The van der Waals surface area contributed by atoms with Crippen LogP contribution in [0.5, 0.6) is 5.75 Å². The number of amides is 1. The molecular weight excluding hydrogens is 204 g/mol. The van der Waals surface area contributed by atoms with Gasteiger partial charge in [-0.3, -0.25) is 4.79 Å². The van der Waals surface area contributed by atoms with Gasteiger partial charge in [-0.1, -0.05) is 6.92 Å². The van der Waals surface area contributed by atoms with E-state index in [9.17, 15) is 4.79 Å². The molecule has 1 amide bonds. The van der Waals surface area contributed by atoms with Crippen molar-refractivity contribution in [3.05, 3.63) is 23.8 Å². The number of carbonyl (C=O) groups is 1. The van der Waals surface area contributed by atoms with E-state index in [0.717, 1.165) is 6.42 Å². The number of nitrogen functional groups attached to an aromatic ring is 1. The van der Waals surface area contributed by atoms with Crippen LogP contribution in [-0.2, 0) is 0 Å². The van der Waals surface area contributed by atoms with Gasteiger partial charge in [0, 0.05) is 11.6 Å². The maximum atomic E-state index is 11.8. The SMILES string of the molecule is CC[C@@H](C)NC(=O)c1ccc(OC)c(N)c1. The highest BCUT2D eigenvalue weighted by Crippen LogP contribution is 2.21. The lowest BCUT2D eigenvalue weighted by Crippen LogP contribution is -2.31. The van der Waals surface area contributed by atoms with Gasteiger partial charge in [0.05, 0.1) is 12.8 Å². The quantitative estimate of drug-likeness (QED) is 0.763. The van der Waals surface area contributed by atoms with E-state index in [1.54, 1.807) is 25.3 Å². The predicted molar refractivity (Wildman–Crippen MR) is 64.6 cm³/mol. The summed E-state index contributed by atoms with van der Waals surface area (Å²) >= 11 is 0. The van der Waals surface area contributed by atoms with Crippen LogP contribution >= 0.6 is 0 Å². The lowest BCUT2D eigenvalue weighted by Gasteiger charge is -2.12. The number of rotatable bonds is 4. The summed E-state index contributed by atoms with van der Waals surface area (Å²) in [5.74, 6) is 0.476. The molecule has 0 aliphatic rings. The highest BCUT2D eigenvalue weighted by Gasteiger charge is 2.10. The highest BCUT2D eigenvalue weighted by atomic mass is 16.5. The molecule has 0 aromatic heterocycles. The Bertz CT molecular complexity index is 377. The number of anilines is 1. The molecule has 0 heterocycles. The molecule has 0 aliphatic heterocycles. The standard InChI is InChI=1S/C12H18N2O2/c1-4-8(2)14-12(15)9-5-6-11(16-3)10(13)7-9/h5-8H,4,13H2,1-3H3,(H,14,15)/t8-/m1/s1. The molecule has 3 N–H and O–H groups in total. The molecule has 0 saturated carbocycles. The molecule has 0 saturated heterocycles. The van der Waals surface area contributed by atoms with Gasteiger partial charge in [0.1, 0.15) is 5.75 Å². The van der Waals surface area contributed by atoms with Gasteiger partial charge in [0.25, 0.3) is 5.91 Å². The average molecular weight is 222 g/mol. The van der Waals surface area contributed by atoms with E-state index >= 15 is 0 Å². The minimum absolute atomic E-state index is 0.108. The second-order valence-electron chi connectivity index (χ2n) is 3.74. The number of carbonyl (C=O) groups excluding carboxylic acids is 1. The van der Waals surface area contributed by atoms with Crippen LogP contribution in [0.4, 0.5) is 5.69 Å². The van der Waals surface area contributed by atoms with Crippen LogP contribution in [0, 0.1) is 0 Å². The number of methoxy groups -OCH3 is 1. The smallest absolute Gasteiger partial charge is 0.251 e. The normalized spacial score (nSPS) is 11.9. The molecule has 1 aromatic carbocycles. The van der Waals surface area contributed by atoms with Crippen LogP contribution in [0.1, 0.15) is 30.6 Å². The molecule has 1 atom stereocenters. The van der Waals surface area contributed by atoms with E-state index in [4.69, 9.17) is 10.5 Å². The first-order valence-corrected chi connectivity index (χ1v) is 5.32. The van der Waals surface area contributed by atoms with Crippen molar-refractivity contribution in [1.29, 1.82) is 0 Å². The minimum Gasteiger partial charge on any atom is -0.495 e. The number of ether oxygens (including phenoxy) is 1. The second kappa shape index (κ2) is 5.39. The fourth-order valence-corrected chi connectivity index (χ4v) is 1.28. The Kier molecular flexibility index (Phi) is 4.17. The topological polar surface area (TPSA) is 64.3 Å². The summed E-state index contributed by atoms with van der Waals surface area (Å²) in [7, 11) is 1.55. The van der Waals surface area contributed by atoms with Gasteiger partial charge in [-0.05, 0) is 31.5 Å². The zero-order chi connectivity index (χ0) is 12.1. The van der Waals surface area contributed by atoms with Crippen molar-refractivity contribution >= 4 is 11.6 Å². The van der Waals surface area contributed by atoms with E-state index < -0.39 is 0 Å². The summed E-state index contributed by atoms with van der Waals surface area (Å²) in [5, 5.41) is 2.88. The zero-order valence-electron chi connectivity index (χ0n) is 9.91. The average Bonchev–Trinajstić information content (AvgIpc) is 2.28. The molecule has 0 bridgehead atoms. The molecule has 0 spiro atoms. The molecular formula is C12H18N2O2. The van der Waals surface area contributed by atoms with Crippen LogP contribution in [0.15, 0.2) is 18.2 Å². The molecule has 0 unspecified atom stereocenters. The summed E-state index contributed by atoms with van der Waals surface area (Å²) in [6, 6.07) is 5.18. The van der Waals surface area contributed by atoms with Gasteiger partial charge in [0.15, 0.2) is 0 Å². The summed E-state index contributed by atoms with van der Waals surface area (Å²) in [6.07, 6.45) is 0.900. The van der Waals surface area contributed by atoms with Crippen LogP contribution in [0.25, 0.3) is 0 Å². The van der Waals surface area contributed by atoms with Crippen molar-refractivity contribution in [2.45, 2.75) is 26.3 Å². The van der Waals surface area contributed by atoms with Crippen LogP contribution in [0.3, 0.4) is 0 Å². The summed E-state index contributed by atoms with van der Waals surface area (Å²) in [5.41, 5.74) is 6.75. The molecule has 0 radical (unpaired) electrons. The largest absolute Gasteiger partial charge is 0.495 e. The van der Waals surface area contributed by atoms with E-state index in [1.807, 2.05) is 13.8 Å². The molecule has 4 heteroatoms. The number of nitrogens with two attached hydrogens (primary N) is 1. The van der Waals surface area contributed by atoms with Gasteiger partial charge < -0.3 is 15.8 Å². The third-order valence-corrected chi connectivity index (χ3v) is 2.48. The van der Waals surface area contributed by atoms with E-state index in [-0.39, 0.29) is 11.9 Å². The van der Waals surface area contributed by atoms with Crippen LogP contribution in [-0.4, -0.2) is 19.1 Å². The van der Waals surface area contributed by atoms with Gasteiger partial charge in [-0.2, -0.15) is 0 Å². The first-order chi connectivity index (χ1) is 7.58. The van der Waals surface area contributed by atoms with Gasteiger partial charge in [0.2, 0.25) is 0 Å². The molecule has 1 aromatic rings. The highest BCUT2D eigenvalue weighted by molar-refractivity contribution is 5.95. The molecule has 0 fully saturated rings. The van der Waals surface area contributed by atoms with Crippen LogP contribution < -0.4 is 15.8 Å². The molecule has 16 heavy (non-hydrogen) atoms. The summed E-state index contributed by atoms with van der Waals surface area (Å²) < 4.78 is 5.03. The Morgan fingerprint density at radius 3 is 2.75 bits per heavy atom. The van der Waals surface area contributed by atoms with Crippen molar-refractivity contribution in [1.82, 2.24) is 5.32 Å². The first kappa shape index (κ1) is 12.4. The molecule has 1 rings (SSSR count). The van der Waals surface area contributed by atoms with Gasteiger partial charge in [-0.15, -0.1) is 0 Å². The predicted octanol–water partition coefficient (Wildman–Crippen LogP) is 1.81. The summed E-state index contributed by atoms with van der Waals surface area (Å²) in [6.45, 7) is 3.98. The van der Waals surface area contributed by atoms with Gasteiger partial charge in [-0.25, -0.2) is 0 Å².